The van der Waals surface area contributed by atoms with Crippen molar-refractivity contribution in [1.29, 1.82) is 0 Å². The molecule has 0 saturated heterocycles. The van der Waals surface area contributed by atoms with Crippen LogP contribution in [0.15, 0.2) is 0 Å². The van der Waals surface area contributed by atoms with Crippen LogP contribution in [-0.4, -0.2) is 41.3 Å². The first-order valence-corrected chi connectivity index (χ1v) is 20.7. The van der Waals surface area contributed by atoms with E-state index in [0.717, 1.165) is 0 Å². The molecule has 0 rings (SSSR count). The Hall–Kier alpha value is 3.53. The Morgan fingerprint density at radius 2 is 0.433 bits per heavy atom. The molecule has 0 aliphatic rings. The third-order valence-electron chi connectivity index (χ3n) is 2.01. The summed E-state index contributed by atoms with van der Waals surface area (Å²) in [5.74, 6) is 0. The van der Waals surface area contributed by atoms with Gasteiger partial charge in [-0.2, -0.15) is 0 Å². The fourth-order valence-corrected chi connectivity index (χ4v) is 9.06. The topological polar surface area (TPSA) is 42.3 Å². The summed E-state index contributed by atoms with van der Waals surface area (Å²) in [7, 11) is -3.50. The van der Waals surface area contributed by atoms with Crippen molar-refractivity contribution in [3.8, 4) is 0 Å². The molecular weight excluding hydrogens is 447 g/mol. The zero-order valence-corrected chi connectivity index (χ0v) is 34.3. The molecule has 0 saturated carbocycles. The van der Waals surface area contributed by atoms with Crippen molar-refractivity contribution < 1.29 is 88.7 Å². The summed E-state index contributed by atoms with van der Waals surface area (Å²) in [5, 5.41) is 0. The summed E-state index contributed by atoms with van der Waals surface area (Å²) in [4.78, 5) is 14.0. The molecule has 0 bridgehead atoms. The molecule has 3 nitrogen and oxygen atoms in total. The van der Waals surface area contributed by atoms with E-state index in [2.05, 4.69) is 136 Å². The van der Waals surface area contributed by atoms with Crippen LogP contribution < -0.4 is 88.7 Å². The van der Waals surface area contributed by atoms with Crippen LogP contribution in [0.4, 0.5) is 0 Å². The maximum atomic E-state index is 4.68. The van der Waals surface area contributed by atoms with Gasteiger partial charge in [-0.25, -0.2) is 0 Å². The molecule has 30 heavy (non-hydrogen) atoms. The molecule has 168 valence electrons. The molecule has 0 unspecified atom stereocenters. The van der Waals surface area contributed by atoms with Gasteiger partial charge in [0.15, 0.2) is 0 Å². The Balaban J connectivity index is -0.0000000686. The average molecular weight is 502 g/mol. The molecule has 9 heteroatoms. The molecule has 0 fully saturated rings. The van der Waals surface area contributed by atoms with Gasteiger partial charge in [-0.15, -0.1) is 16.6 Å². The fraction of sp³-hybridized carbons (Fsp3) is 1.00. The minimum atomic E-state index is -1.17. The molecule has 0 aliphatic carbocycles. The predicted molar refractivity (Wildman–Crippen MR) is 139 cm³/mol. The van der Waals surface area contributed by atoms with Gasteiger partial charge in [0.1, 0.15) is 0 Å². The third kappa shape index (κ3) is 63.4. The van der Waals surface area contributed by atoms with Crippen LogP contribution in [0.25, 0.3) is 14.9 Å². The normalized spacial score (nSPS) is 12.6. The second-order valence-electron chi connectivity index (χ2n) is 13.4. The second kappa shape index (κ2) is 17.9. The number of hydrogen-bond donors (Lipinski definition) is 0. The molecule has 0 heterocycles. The molecule has 0 aliphatic heterocycles. The van der Waals surface area contributed by atoms with Crippen LogP contribution in [0.1, 0.15) is 62.3 Å². The summed E-state index contributed by atoms with van der Waals surface area (Å²) in [6, 6.07) is 0. The van der Waals surface area contributed by atoms with Gasteiger partial charge in [-0.3, -0.25) is 0 Å². The van der Waals surface area contributed by atoms with Crippen LogP contribution in [0.5, 0.6) is 0 Å². The van der Waals surface area contributed by atoms with Crippen molar-refractivity contribution in [1.82, 2.24) is 0 Å². The first-order chi connectivity index (χ1) is 11.1. The van der Waals surface area contributed by atoms with Gasteiger partial charge < -0.3 is 14.9 Å². The molecule has 0 atom stereocenters. The van der Waals surface area contributed by atoms with Crippen molar-refractivity contribution in [2.75, 3.05) is 0 Å². The summed E-state index contributed by atoms with van der Waals surface area (Å²) in [6.45, 7) is 39.8. The standard InChI is InChI=1S/3C7H18NSi.3Na/c3*1-7(2,3)8-9(4,5)6;;;/h3*1-6H3;;;/q3*-1;3*+1. The van der Waals surface area contributed by atoms with Crippen LogP contribution >= 0.6 is 0 Å². The summed E-state index contributed by atoms with van der Waals surface area (Å²) < 4.78 is 0. The Morgan fingerprint density at radius 3 is 0.433 bits per heavy atom. The summed E-state index contributed by atoms with van der Waals surface area (Å²) >= 11 is 0. The molecule has 0 aromatic carbocycles. The maximum absolute atomic E-state index is 4.68. The van der Waals surface area contributed by atoms with Crippen LogP contribution in [-0.2, 0) is 0 Å². The van der Waals surface area contributed by atoms with Crippen molar-refractivity contribution >= 4 is 24.7 Å². The summed E-state index contributed by atoms with van der Waals surface area (Å²) in [6.07, 6.45) is 0. The van der Waals surface area contributed by atoms with Gasteiger partial charge >= 0.3 is 88.7 Å². The van der Waals surface area contributed by atoms with Crippen LogP contribution in [0.3, 0.4) is 0 Å². The van der Waals surface area contributed by atoms with Crippen molar-refractivity contribution in [2.45, 2.75) is 138 Å². The number of rotatable bonds is 3. The molecule has 0 N–H and O–H groups in total. The van der Waals surface area contributed by atoms with Crippen molar-refractivity contribution in [3.63, 3.8) is 0 Å². The average Bonchev–Trinajstić information content (AvgIpc) is 1.96. The smallest absolute Gasteiger partial charge is 0.660 e. The third-order valence-corrected chi connectivity index (χ3v) is 6.04. The van der Waals surface area contributed by atoms with Crippen molar-refractivity contribution in [3.05, 3.63) is 14.9 Å². The summed E-state index contributed by atoms with van der Waals surface area (Å²) in [5.41, 5.74) is 0.513. The Morgan fingerprint density at radius 1 is 0.333 bits per heavy atom. The Labute approximate surface area is 262 Å². The van der Waals surface area contributed by atoms with Crippen LogP contribution in [0, 0.1) is 0 Å². The van der Waals surface area contributed by atoms with E-state index in [1.54, 1.807) is 0 Å². The maximum Gasteiger partial charge on any atom is 1.00 e. The van der Waals surface area contributed by atoms with E-state index in [1.165, 1.54) is 0 Å². The quantitative estimate of drug-likeness (QED) is 0.489. The van der Waals surface area contributed by atoms with E-state index in [0.29, 0.717) is 0 Å². The van der Waals surface area contributed by atoms with E-state index >= 15 is 0 Å². The van der Waals surface area contributed by atoms with Crippen molar-refractivity contribution in [2.24, 2.45) is 0 Å². The molecule has 0 aromatic rings. The van der Waals surface area contributed by atoms with E-state index in [9.17, 15) is 0 Å². The molecule has 0 spiro atoms. The molecule has 0 amide bonds. The van der Waals surface area contributed by atoms with E-state index in [4.69, 9.17) is 0 Å². The minimum Gasteiger partial charge on any atom is -0.660 e. The number of hydrogen-bond acceptors (Lipinski definition) is 0. The first-order valence-electron chi connectivity index (χ1n) is 10.3. The SMILES string of the molecule is CC(C)(C)[N-][Si](C)(C)C.CC(C)(C)[N-][Si](C)(C)C.CC(C)(C)[N-][Si](C)(C)C.[Na+].[Na+].[Na+]. The van der Waals surface area contributed by atoms with Gasteiger partial charge in [0.2, 0.25) is 0 Å². The van der Waals surface area contributed by atoms with Gasteiger partial charge in [-0.05, 0) is 0 Å². The minimum absolute atomic E-state index is 0. The number of nitrogens with zero attached hydrogens (tertiary/aromatic N) is 3. The molecule has 0 radical (unpaired) electrons. The van der Waals surface area contributed by atoms with Gasteiger partial charge in [0.05, 0.1) is 0 Å². The largest absolute Gasteiger partial charge is 1.00 e. The van der Waals surface area contributed by atoms with Gasteiger partial charge in [0.25, 0.3) is 0 Å². The Kier molecular flexibility index (Phi) is 27.9. The molecular formula is C21H54N3Na3Si3. The van der Waals surface area contributed by atoms with Crippen LogP contribution in [0.2, 0.25) is 58.9 Å². The Bertz CT molecular complexity index is 298. The monoisotopic (exact) mass is 501 g/mol. The zero-order chi connectivity index (χ0) is 23.1. The van der Waals surface area contributed by atoms with E-state index in [-0.39, 0.29) is 105 Å². The molecule has 0 aromatic heterocycles. The van der Waals surface area contributed by atoms with Gasteiger partial charge in [0, 0.05) is 0 Å². The zero-order valence-electron chi connectivity index (χ0n) is 25.3. The van der Waals surface area contributed by atoms with Gasteiger partial charge in [-0.1, -0.05) is 146 Å². The fourth-order valence-electron chi connectivity index (χ4n) is 3.02. The first kappa shape index (κ1) is 46.8. The van der Waals surface area contributed by atoms with E-state index < -0.39 is 24.7 Å². The van der Waals surface area contributed by atoms with E-state index in [1.807, 2.05) is 0 Å². The second-order valence-corrected chi connectivity index (χ2v) is 27.1. The predicted octanol–water partition coefficient (Wildman–Crippen LogP) is -0.00750.